The number of amides is 1. The minimum absolute atomic E-state index is 0.0116. The fourth-order valence-corrected chi connectivity index (χ4v) is 3.99. The first-order chi connectivity index (χ1) is 16.1. The molecule has 1 fully saturated rings. The maximum absolute atomic E-state index is 13.5. The number of carbonyl (C=O) groups is 1. The van der Waals surface area contributed by atoms with Crippen LogP contribution in [0.4, 0.5) is 5.95 Å². The van der Waals surface area contributed by atoms with Crippen molar-refractivity contribution < 1.29 is 9.53 Å². The van der Waals surface area contributed by atoms with E-state index in [0.29, 0.717) is 25.5 Å². The Bertz CT molecular complexity index is 1040. The summed E-state index contributed by atoms with van der Waals surface area (Å²) in [6, 6.07) is 15.8. The summed E-state index contributed by atoms with van der Waals surface area (Å²) in [5, 5.41) is 0. The molecule has 3 heterocycles. The lowest BCUT2D eigenvalue weighted by atomic mass is 10.0. The Hall–Kier alpha value is -3.32. The number of pyridine rings is 1. The Balaban J connectivity index is 1.65. The highest BCUT2D eigenvalue weighted by molar-refractivity contribution is 5.77. The average molecular weight is 446 g/mol. The molecule has 1 aromatic carbocycles. The second-order valence-corrected chi connectivity index (χ2v) is 8.57. The SMILES string of the molecule is CN(C)c1ncc(-c2ccccn2)c(CN(Cc2ccccc2)C(=O)CC2CCCCO2)n1. The number of hydrogen-bond acceptors (Lipinski definition) is 6. The van der Waals surface area contributed by atoms with Crippen molar-refractivity contribution in [2.75, 3.05) is 25.6 Å². The molecule has 1 aliphatic heterocycles. The molecule has 1 atom stereocenters. The smallest absolute Gasteiger partial charge is 0.225 e. The van der Waals surface area contributed by atoms with E-state index < -0.39 is 0 Å². The van der Waals surface area contributed by atoms with E-state index in [2.05, 4.69) is 9.97 Å². The molecule has 0 saturated carbocycles. The molecule has 2 aromatic heterocycles. The van der Waals surface area contributed by atoms with Crippen molar-refractivity contribution in [3.63, 3.8) is 0 Å². The monoisotopic (exact) mass is 445 g/mol. The van der Waals surface area contributed by atoms with Crippen molar-refractivity contribution in [2.24, 2.45) is 0 Å². The molecule has 3 aromatic rings. The molecule has 7 heteroatoms. The van der Waals surface area contributed by atoms with Gasteiger partial charge in [-0.25, -0.2) is 9.97 Å². The first-order valence-corrected chi connectivity index (χ1v) is 11.5. The number of rotatable bonds is 8. The Morgan fingerprint density at radius 2 is 1.85 bits per heavy atom. The van der Waals surface area contributed by atoms with Gasteiger partial charge in [-0.1, -0.05) is 36.4 Å². The van der Waals surface area contributed by atoms with Gasteiger partial charge < -0.3 is 14.5 Å². The largest absolute Gasteiger partial charge is 0.378 e. The highest BCUT2D eigenvalue weighted by Gasteiger charge is 2.24. The Morgan fingerprint density at radius 1 is 1.03 bits per heavy atom. The zero-order chi connectivity index (χ0) is 23.0. The molecule has 33 heavy (non-hydrogen) atoms. The van der Waals surface area contributed by atoms with Crippen molar-refractivity contribution in [2.45, 2.75) is 44.9 Å². The summed E-state index contributed by atoms with van der Waals surface area (Å²) in [6.45, 7) is 1.61. The molecule has 0 N–H and O–H groups in total. The van der Waals surface area contributed by atoms with Crippen LogP contribution < -0.4 is 4.90 Å². The van der Waals surface area contributed by atoms with Crippen LogP contribution in [0, 0.1) is 0 Å². The standard InChI is InChI=1S/C26H31N5O2/c1-30(2)26-28-17-22(23-13-6-8-14-27-23)24(29-26)19-31(18-20-10-4-3-5-11-20)25(32)16-21-12-7-9-15-33-21/h3-6,8,10-11,13-14,17,21H,7,9,12,15-16,18-19H2,1-2H3. The maximum Gasteiger partial charge on any atom is 0.225 e. The van der Waals surface area contributed by atoms with Gasteiger partial charge in [0.15, 0.2) is 0 Å². The van der Waals surface area contributed by atoms with E-state index in [1.807, 2.05) is 72.4 Å². The van der Waals surface area contributed by atoms with Crippen LogP contribution in [0.1, 0.15) is 36.9 Å². The van der Waals surface area contributed by atoms with Crippen LogP contribution in [-0.2, 0) is 22.6 Å². The Kier molecular flexibility index (Phi) is 7.62. The normalized spacial score (nSPS) is 15.8. The topological polar surface area (TPSA) is 71.5 Å². The molecule has 7 nitrogen and oxygen atoms in total. The number of ether oxygens (including phenoxy) is 1. The maximum atomic E-state index is 13.5. The molecule has 0 bridgehead atoms. The molecule has 1 saturated heterocycles. The van der Waals surface area contributed by atoms with E-state index in [9.17, 15) is 4.79 Å². The van der Waals surface area contributed by atoms with Gasteiger partial charge in [0.2, 0.25) is 11.9 Å². The molecule has 0 spiro atoms. The number of nitrogens with zero attached hydrogens (tertiary/aromatic N) is 5. The van der Waals surface area contributed by atoms with Gasteiger partial charge in [-0.05, 0) is 37.0 Å². The van der Waals surface area contributed by atoms with Crippen LogP contribution >= 0.6 is 0 Å². The lowest BCUT2D eigenvalue weighted by Gasteiger charge is -2.28. The molecular weight excluding hydrogens is 414 g/mol. The number of benzene rings is 1. The van der Waals surface area contributed by atoms with Crippen LogP contribution in [0.25, 0.3) is 11.3 Å². The molecule has 4 rings (SSSR count). The molecule has 1 unspecified atom stereocenters. The van der Waals surface area contributed by atoms with Crippen LogP contribution in [0.15, 0.2) is 60.9 Å². The summed E-state index contributed by atoms with van der Waals surface area (Å²) in [5.41, 5.74) is 3.49. The summed E-state index contributed by atoms with van der Waals surface area (Å²) in [4.78, 5) is 31.0. The van der Waals surface area contributed by atoms with Gasteiger partial charge >= 0.3 is 0 Å². The molecule has 1 aliphatic rings. The first-order valence-electron chi connectivity index (χ1n) is 11.5. The van der Waals surface area contributed by atoms with Gasteiger partial charge in [0.1, 0.15) is 0 Å². The molecule has 1 amide bonds. The minimum Gasteiger partial charge on any atom is -0.378 e. The van der Waals surface area contributed by atoms with E-state index >= 15 is 0 Å². The predicted molar refractivity (Wildman–Crippen MR) is 128 cm³/mol. The third-order valence-electron chi connectivity index (χ3n) is 5.78. The van der Waals surface area contributed by atoms with Gasteiger partial charge in [0.25, 0.3) is 0 Å². The predicted octanol–water partition coefficient (Wildman–Crippen LogP) is 4.09. The quantitative estimate of drug-likeness (QED) is 0.520. The summed E-state index contributed by atoms with van der Waals surface area (Å²) in [6.07, 6.45) is 7.04. The van der Waals surface area contributed by atoms with Crippen molar-refractivity contribution in [3.05, 3.63) is 72.2 Å². The molecular formula is C26H31N5O2. The minimum atomic E-state index is -0.0116. The highest BCUT2D eigenvalue weighted by atomic mass is 16.5. The van der Waals surface area contributed by atoms with Crippen molar-refractivity contribution >= 4 is 11.9 Å². The van der Waals surface area contributed by atoms with Crippen LogP contribution in [0.2, 0.25) is 0 Å². The van der Waals surface area contributed by atoms with Gasteiger partial charge in [-0.2, -0.15) is 0 Å². The number of carbonyl (C=O) groups excluding carboxylic acids is 1. The Labute approximate surface area is 195 Å². The van der Waals surface area contributed by atoms with Gasteiger partial charge in [-0.15, -0.1) is 0 Å². The fourth-order valence-electron chi connectivity index (χ4n) is 3.99. The van der Waals surface area contributed by atoms with Gasteiger partial charge in [0.05, 0.1) is 30.5 Å². The van der Waals surface area contributed by atoms with Crippen LogP contribution in [0.3, 0.4) is 0 Å². The fraction of sp³-hybridized carbons (Fsp3) is 0.385. The third-order valence-corrected chi connectivity index (χ3v) is 5.78. The highest BCUT2D eigenvalue weighted by Crippen LogP contribution is 2.24. The number of anilines is 1. The zero-order valence-corrected chi connectivity index (χ0v) is 19.4. The van der Waals surface area contributed by atoms with Crippen molar-refractivity contribution in [1.29, 1.82) is 0 Å². The lowest BCUT2D eigenvalue weighted by molar-refractivity contribution is -0.136. The van der Waals surface area contributed by atoms with Crippen LogP contribution in [-0.4, -0.2) is 52.6 Å². The summed E-state index contributed by atoms with van der Waals surface area (Å²) >= 11 is 0. The molecule has 0 radical (unpaired) electrons. The summed E-state index contributed by atoms with van der Waals surface area (Å²) in [5.74, 6) is 0.676. The summed E-state index contributed by atoms with van der Waals surface area (Å²) in [7, 11) is 3.82. The summed E-state index contributed by atoms with van der Waals surface area (Å²) < 4.78 is 5.85. The van der Waals surface area contributed by atoms with E-state index in [1.165, 1.54) is 0 Å². The number of hydrogen-bond donors (Lipinski definition) is 0. The second-order valence-electron chi connectivity index (χ2n) is 8.57. The first kappa shape index (κ1) is 22.9. The molecule has 0 aliphatic carbocycles. The second kappa shape index (κ2) is 11.0. The molecule has 172 valence electrons. The third kappa shape index (κ3) is 6.14. The van der Waals surface area contributed by atoms with E-state index in [0.717, 1.165) is 48.4 Å². The Morgan fingerprint density at radius 3 is 2.55 bits per heavy atom. The van der Waals surface area contributed by atoms with E-state index in [1.54, 1.807) is 12.4 Å². The number of aromatic nitrogens is 3. The average Bonchev–Trinajstić information content (AvgIpc) is 2.85. The zero-order valence-electron chi connectivity index (χ0n) is 19.4. The van der Waals surface area contributed by atoms with Crippen molar-refractivity contribution in [3.8, 4) is 11.3 Å². The van der Waals surface area contributed by atoms with Crippen LogP contribution in [0.5, 0.6) is 0 Å². The lowest BCUT2D eigenvalue weighted by Crippen LogP contribution is -2.35. The van der Waals surface area contributed by atoms with E-state index in [-0.39, 0.29) is 12.0 Å². The van der Waals surface area contributed by atoms with Gasteiger partial charge in [-0.3, -0.25) is 9.78 Å². The van der Waals surface area contributed by atoms with Gasteiger partial charge in [0, 0.05) is 45.2 Å². The van der Waals surface area contributed by atoms with Crippen molar-refractivity contribution in [1.82, 2.24) is 19.9 Å². The van der Waals surface area contributed by atoms with E-state index in [4.69, 9.17) is 9.72 Å².